The summed E-state index contributed by atoms with van der Waals surface area (Å²) in [5.41, 5.74) is 2.09. The van der Waals surface area contributed by atoms with Gasteiger partial charge in [-0.3, -0.25) is 9.88 Å². The van der Waals surface area contributed by atoms with Crippen LogP contribution in [0.5, 0.6) is 5.75 Å². The summed E-state index contributed by atoms with van der Waals surface area (Å²) in [6.45, 7) is 8.25. The van der Waals surface area contributed by atoms with E-state index in [1.807, 2.05) is 36.4 Å². The Morgan fingerprint density at radius 3 is 2.96 bits per heavy atom. The average molecular weight is 341 g/mol. The van der Waals surface area contributed by atoms with E-state index in [9.17, 15) is 0 Å². The fourth-order valence-corrected chi connectivity index (χ4v) is 2.98. The van der Waals surface area contributed by atoms with Gasteiger partial charge >= 0.3 is 0 Å². The van der Waals surface area contributed by atoms with Crippen LogP contribution in [0.4, 0.5) is 0 Å². The number of aromatic nitrogens is 1. The molecular weight excluding hydrogens is 314 g/mol. The Morgan fingerprint density at radius 1 is 1.24 bits per heavy atom. The molecule has 1 fully saturated rings. The van der Waals surface area contributed by atoms with Crippen molar-refractivity contribution in [3.63, 3.8) is 0 Å². The smallest absolute Gasteiger partial charge is 0.130 e. The van der Waals surface area contributed by atoms with Gasteiger partial charge in [-0.15, -0.1) is 0 Å². The number of pyridine rings is 1. The van der Waals surface area contributed by atoms with Crippen LogP contribution in [0.15, 0.2) is 48.7 Å². The van der Waals surface area contributed by atoms with Crippen LogP contribution < -0.4 is 10.1 Å². The van der Waals surface area contributed by atoms with E-state index in [1.165, 1.54) is 0 Å². The monoisotopic (exact) mass is 341 g/mol. The third-order valence-corrected chi connectivity index (χ3v) is 4.43. The zero-order valence-corrected chi connectivity index (χ0v) is 14.9. The van der Waals surface area contributed by atoms with Crippen molar-refractivity contribution in [3.05, 3.63) is 59.9 Å². The summed E-state index contributed by atoms with van der Waals surface area (Å²) >= 11 is 0. The van der Waals surface area contributed by atoms with E-state index >= 15 is 0 Å². The lowest BCUT2D eigenvalue weighted by Crippen LogP contribution is -2.46. The van der Waals surface area contributed by atoms with Crippen LogP contribution in [-0.4, -0.2) is 48.8 Å². The molecule has 0 spiro atoms. The van der Waals surface area contributed by atoms with Gasteiger partial charge in [0.15, 0.2) is 0 Å². The number of likely N-dealkylation sites (N-methyl/N-ethyl adjacent to an activating group) is 1. The normalized spacial score (nSPS) is 18.2. The van der Waals surface area contributed by atoms with Crippen molar-refractivity contribution in [1.82, 2.24) is 15.2 Å². The van der Waals surface area contributed by atoms with Gasteiger partial charge in [-0.25, -0.2) is 0 Å². The van der Waals surface area contributed by atoms with Gasteiger partial charge in [0, 0.05) is 37.9 Å². The van der Waals surface area contributed by atoms with Gasteiger partial charge in [-0.1, -0.05) is 31.2 Å². The second-order valence-electron chi connectivity index (χ2n) is 6.23. The lowest BCUT2D eigenvalue weighted by molar-refractivity contribution is -0.0253. The predicted molar refractivity (Wildman–Crippen MR) is 98.6 cm³/mol. The summed E-state index contributed by atoms with van der Waals surface area (Å²) < 4.78 is 11.8. The minimum atomic E-state index is 0.260. The number of morpholine rings is 1. The summed E-state index contributed by atoms with van der Waals surface area (Å²) in [7, 11) is 0. The molecule has 1 aliphatic heterocycles. The average Bonchev–Trinajstić information content (AvgIpc) is 2.68. The lowest BCUT2D eigenvalue weighted by Gasteiger charge is -2.32. The van der Waals surface area contributed by atoms with Crippen molar-refractivity contribution in [2.24, 2.45) is 0 Å². The Morgan fingerprint density at radius 2 is 2.12 bits per heavy atom. The Labute approximate surface area is 150 Å². The number of nitrogens with zero attached hydrogens (tertiary/aromatic N) is 2. The summed E-state index contributed by atoms with van der Waals surface area (Å²) in [4.78, 5) is 6.73. The van der Waals surface area contributed by atoms with Gasteiger partial charge in [-0.05, 0) is 24.7 Å². The van der Waals surface area contributed by atoms with Crippen LogP contribution in [0.3, 0.4) is 0 Å². The molecule has 2 aromatic rings. The first-order valence-electron chi connectivity index (χ1n) is 9.00. The molecule has 2 heterocycles. The largest absolute Gasteiger partial charge is 0.487 e. The van der Waals surface area contributed by atoms with Crippen molar-refractivity contribution in [2.45, 2.75) is 26.2 Å². The summed E-state index contributed by atoms with van der Waals surface area (Å²) in [5.74, 6) is 0.903. The number of nitrogens with one attached hydrogen (secondary N) is 1. The van der Waals surface area contributed by atoms with Gasteiger partial charge in [0.1, 0.15) is 12.4 Å². The van der Waals surface area contributed by atoms with Crippen molar-refractivity contribution >= 4 is 0 Å². The summed E-state index contributed by atoms with van der Waals surface area (Å²) in [6.07, 6.45) is 2.05. The zero-order valence-electron chi connectivity index (χ0n) is 14.9. The quantitative estimate of drug-likeness (QED) is 0.799. The molecule has 1 aliphatic rings. The maximum atomic E-state index is 5.96. The zero-order chi connectivity index (χ0) is 17.3. The summed E-state index contributed by atoms with van der Waals surface area (Å²) in [5, 5.41) is 3.51. The molecule has 0 amide bonds. The molecule has 0 aliphatic carbocycles. The molecule has 25 heavy (non-hydrogen) atoms. The van der Waals surface area contributed by atoms with Gasteiger partial charge in [0.05, 0.1) is 18.4 Å². The maximum Gasteiger partial charge on any atom is 0.130 e. The highest BCUT2D eigenvalue weighted by atomic mass is 16.5. The number of rotatable bonds is 8. The number of hydrogen-bond donors (Lipinski definition) is 1. The minimum absolute atomic E-state index is 0.260. The van der Waals surface area contributed by atoms with E-state index in [0.717, 1.165) is 56.3 Å². The number of ether oxygens (including phenoxy) is 2. The Kier molecular flexibility index (Phi) is 6.79. The third-order valence-electron chi connectivity index (χ3n) is 4.43. The first kappa shape index (κ1) is 17.9. The van der Waals surface area contributed by atoms with E-state index < -0.39 is 0 Å². The highest BCUT2D eigenvalue weighted by molar-refractivity contribution is 5.33. The highest BCUT2D eigenvalue weighted by Gasteiger charge is 2.18. The molecule has 0 radical (unpaired) electrons. The van der Waals surface area contributed by atoms with Gasteiger partial charge in [-0.2, -0.15) is 0 Å². The standard InChI is InChI=1S/C20H27N3O2/c1-2-23-11-12-24-19(15-23)14-21-13-17-7-3-4-9-20(17)25-16-18-8-5-6-10-22-18/h3-10,19,21H,2,11-16H2,1H3/t19-/m1/s1. The topological polar surface area (TPSA) is 46.6 Å². The molecule has 3 rings (SSSR count). The molecule has 5 nitrogen and oxygen atoms in total. The van der Waals surface area contributed by atoms with E-state index in [4.69, 9.17) is 9.47 Å². The molecule has 0 unspecified atom stereocenters. The Hall–Kier alpha value is -1.95. The Balaban J connectivity index is 1.49. The maximum absolute atomic E-state index is 5.96. The van der Waals surface area contributed by atoms with Crippen molar-refractivity contribution in [2.75, 3.05) is 32.8 Å². The van der Waals surface area contributed by atoms with E-state index in [-0.39, 0.29) is 6.10 Å². The minimum Gasteiger partial charge on any atom is -0.487 e. The molecule has 1 N–H and O–H groups in total. The lowest BCUT2D eigenvalue weighted by atomic mass is 10.2. The fraction of sp³-hybridized carbons (Fsp3) is 0.450. The van der Waals surface area contributed by atoms with Crippen molar-refractivity contribution < 1.29 is 9.47 Å². The highest BCUT2D eigenvalue weighted by Crippen LogP contribution is 2.19. The molecule has 1 saturated heterocycles. The first-order valence-corrected chi connectivity index (χ1v) is 9.00. The van der Waals surface area contributed by atoms with Crippen LogP contribution >= 0.6 is 0 Å². The molecule has 134 valence electrons. The van der Waals surface area contributed by atoms with Crippen LogP contribution in [0.25, 0.3) is 0 Å². The second kappa shape index (κ2) is 9.51. The molecule has 0 bridgehead atoms. The predicted octanol–water partition coefficient (Wildman–Crippen LogP) is 2.47. The van der Waals surface area contributed by atoms with Crippen LogP contribution in [-0.2, 0) is 17.9 Å². The number of benzene rings is 1. The van der Waals surface area contributed by atoms with Gasteiger partial charge in [0.2, 0.25) is 0 Å². The van der Waals surface area contributed by atoms with Crippen molar-refractivity contribution in [3.8, 4) is 5.75 Å². The van der Waals surface area contributed by atoms with Crippen LogP contribution in [0.2, 0.25) is 0 Å². The molecular formula is C20H27N3O2. The molecule has 1 aromatic carbocycles. The van der Waals surface area contributed by atoms with Gasteiger partial charge < -0.3 is 14.8 Å². The first-order chi connectivity index (χ1) is 12.3. The molecule has 1 atom stereocenters. The second-order valence-corrected chi connectivity index (χ2v) is 6.23. The fourth-order valence-electron chi connectivity index (χ4n) is 2.98. The van der Waals surface area contributed by atoms with E-state index in [2.05, 4.69) is 28.2 Å². The van der Waals surface area contributed by atoms with E-state index in [0.29, 0.717) is 6.61 Å². The molecule has 5 heteroatoms. The van der Waals surface area contributed by atoms with Gasteiger partial charge in [0.25, 0.3) is 0 Å². The number of hydrogen-bond acceptors (Lipinski definition) is 5. The Bertz CT molecular complexity index is 636. The van der Waals surface area contributed by atoms with E-state index in [1.54, 1.807) is 6.20 Å². The molecule has 0 saturated carbocycles. The third kappa shape index (κ3) is 5.53. The van der Waals surface area contributed by atoms with Crippen LogP contribution in [0.1, 0.15) is 18.2 Å². The SMILES string of the molecule is CCN1CCO[C@H](CNCc2ccccc2OCc2ccccn2)C1. The van der Waals surface area contributed by atoms with Crippen LogP contribution in [0, 0.1) is 0 Å². The van der Waals surface area contributed by atoms with Crippen molar-refractivity contribution in [1.29, 1.82) is 0 Å². The molecule has 1 aromatic heterocycles. The number of para-hydroxylation sites is 1. The summed E-state index contributed by atoms with van der Waals surface area (Å²) in [6, 6.07) is 14.0.